The molecule has 4 aromatic rings. The number of pyridine rings is 1. The molecule has 1 N–H and O–H groups in total. The Bertz CT molecular complexity index is 1000. The number of fused-ring (bicyclic) bond motifs is 2. The lowest BCUT2D eigenvalue weighted by Gasteiger charge is -2.12. The summed E-state index contributed by atoms with van der Waals surface area (Å²) in [6, 6.07) is 22.0. The van der Waals surface area contributed by atoms with Crippen LogP contribution in [0.5, 0.6) is 5.75 Å². The highest BCUT2D eigenvalue weighted by Gasteiger charge is 2.11. The Morgan fingerprint density at radius 3 is 2.45 bits per heavy atom. The molecule has 0 amide bonds. The lowest BCUT2D eigenvalue weighted by molar-refractivity contribution is 0.476. The van der Waals surface area contributed by atoms with Gasteiger partial charge in [-0.1, -0.05) is 48.0 Å². The molecule has 4 rings (SSSR count). The molecule has 2 heteroatoms. The van der Waals surface area contributed by atoms with Crippen LogP contribution in [0, 0.1) is 6.92 Å². The average Bonchev–Trinajstić information content (AvgIpc) is 2.52. The number of phenols is 1. The summed E-state index contributed by atoms with van der Waals surface area (Å²) in [6.45, 7) is 2.10. The van der Waals surface area contributed by atoms with Gasteiger partial charge in [0, 0.05) is 22.4 Å². The minimum absolute atomic E-state index is 0.241. The van der Waals surface area contributed by atoms with Crippen molar-refractivity contribution >= 4 is 21.8 Å². The van der Waals surface area contributed by atoms with Crippen molar-refractivity contribution in [3.05, 3.63) is 72.3 Å². The number of hydrogen-bond acceptors (Lipinski definition) is 2. The molecule has 22 heavy (non-hydrogen) atoms. The smallest absolute Gasteiger partial charge is 0.117 e. The quantitative estimate of drug-likeness (QED) is 0.495. The normalized spacial score (nSPS) is 11.1. The van der Waals surface area contributed by atoms with Gasteiger partial charge in [-0.2, -0.15) is 0 Å². The minimum Gasteiger partial charge on any atom is -0.508 e. The van der Waals surface area contributed by atoms with Gasteiger partial charge in [0.2, 0.25) is 0 Å². The summed E-state index contributed by atoms with van der Waals surface area (Å²) in [5.74, 6) is 0.241. The Kier molecular flexibility index (Phi) is 2.83. The maximum atomic E-state index is 9.77. The van der Waals surface area contributed by atoms with Gasteiger partial charge in [-0.05, 0) is 30.7 Å². The Morgan fingerprint density at radius 2 is 1.59 bits per heavy atom. The van der Waals surface area contributed by atoms with E-state index in [9.17, 15) is 5.11 Å². The van der Waals surface area contributed by atoms with Crippen LogP contribution in [0.25, 0.3) is 32.9 Å². The molecule has 0 fully saturated rings. The van der Waals surface area contributed by atoms with E-state index in [1.807, 2.05) is 24.3 Å². The second-order valence-electron chi connectivity index (χ2n) is 5.57. The van der Waals surface area contributed by atoms with E-state index in [0.717, 1.165) is 21.8 Å². The molecule has 0 unspecified atom stereocenters. The fraction of sp³-hybridized carbons (Fsp3) is 0.0500. The molecule has 0 atom stereocenters. The lowest BCUT2D eigenvalue weighted by Crippen LogP contribution is -1.89. The van der Waals surface area contributed by atoms with Gasteiger partial charge in [0.1, 0.15) is 5.75 Å². The standard InChI is InChI=1S/C20H15NO/c1-13-5-4-6-14(11-13)20-16-7-2-3-8-18(16)21-19-12-15(22)9-10-17(19)20/h2-12,22H,1H3. The van der Waals surface area contributed by atoms with Crippen molar-refractivity contribution in [1.82, 2.24) is 4.98 Å². The van der Waals surface area contributed by atoms with Crippen LogP contribution in [-0.2, 0) is 0 Å². The molecule has 106 valence electrons. The van der Waals surface area contributed by atoms with E-state index >= 15 is 0 Å². The molecule has 0 aliphatic rings. The molecule has 3 aromatic carbocycles. The molecule has 0 radical (unpaired) electrons. The maximum Gasteiger partial charge on any atom is 0.117 e. The summed E-state index contributed by atoms with van der Waals surface area (Å²) in [6.07, 6.45) is 0. The number of aromatic nitrogens is 1. The first-order valence-corrected chi connectivity index (χ1v) is 7.31. The van der Waals surface area contributed by atoms with Gasteiger partial charge in [0.25, 0.3) is 0 Å². The summed E-state index contributed by atoms with van der Waals surface area (Å²) >= 11 is 0. The third-order valence-electron chi connectivity index (χ3n) is 3.97. The van der Waals surface area contributed by atoms with Gasteiger partial charge in [0.05, 0.1) is 11.0 Å². The summed E-state index contributed by atoms with van der Waals surface area (Å²) < 4.78 is 0. The highest BCUT2D eigenvalue weighted by molar-refractivity contribution is 6.09. The Morgan fingerprint density at radius 1 is 0.773 bits per heavy atom. The molecular weight excluding hydrogens is 270 g/mol. The largest absolute Gasteiger partial charge is 0.508 e. The van der Waals surface area contributed by atoms with E-state index < -0.39 is 0 Å². The van der Waals surface area contributed by atoms with E-state index in [2.05, 4.69) is 42.2 Å². The van der Waals surface area contributed by atoms with Crippen molar-refractivity contribution in [3.8, 4) is 16.9 Å². The molecular formula is C20H15NO. The van der Waals surface area contributed by atoms with Crippen LogP contribution in [0.15, 0.2) is 66.7 Å². The van der Waals surface area contributed by atoms with E-state index in [0.29, 0.717) is 0 Å². The van der Waals surface area contributed by atoms with Crippen molar-refractivity contribution in [2.24, 2.45) is 0 Å². The zero-order chi connectivity index (χ0) is 15.1. The van der Waals surface area contributed by atoms with Crippen LogP contribution in [0.3, 0.4) is 0 Å². The van der Waals surface area contributed by atoms with E-state index in [4.69, 9.17) is 0 Å². The van der Waals surface area contributed by atoms with Gasteiger partial charge in [-0.3, -0.25) is 0 Å². The third-order valence-corrected chi connectivity index (χ3v) is 3.97. The van der Waals surface area contributed by atoms with E-state index in [-0.39, 0.29) is 5.75 Å². The first-order valence-electron chi connectivity index (χ1n) is 7.31. The zero-order valence-corrected chi connectivity index (χ0v) is 12.2. The number of para-hydroxylation sites is 1. The number of benzene rings is 3. The lowest BCUT2D eigenvalue weighted by atomic mass is 9.95. The van der Waals surface area contributed by atoms with Crippen LogP contribution < -0.4 is 0 Å². The maximum absolute atomic E-state index is 9.77. The van der Waals surface area contributed by atoms with Gasteiger partial charge in [-0.25, -0.2) is 4.98 Å². The van der Waals surface area contributed by atoms with Crippen molar-refractivity contribution in [2.75, 3.05) is 0 Å². The average molecular weight is 285 g/mol. The summed E-state index contributed by atoms with van der Waals surface area (Å²) in [4.78, 5) is 4.69. The van der Waals surface area contributed by atoms with Crippen LogP contribution >= 0.6 is 0 Å². The molecule has 2 nitrogen and oxygen atoms in total. The van der Waals surface area contributed by atoms with Crippen molar-refractivity contribution in [1.29, 1.82) is 0 Å². The first kappa shape index (κ1) is 12.8. The van der Waals surface area contributed by atoms with Gasteiger partial charge < -0.3 is 5.11 Å². The Balaban J connectivity index is 2.21. The molecule has 0 saturated heterocycles. The van der Waals surface area contributed by atoms with Crippen molar-refractivity contribution < 1.29 is 5.11 Å². The Hall–Kier alpha value is -2.87. The first-order chi connectivity index (χ1) is 10.7. The second kappa shape index (κ2) is 4.85. The van der Waals surface area contributed by atoms with E-state index in [1.165, 1.54) is 16.7 Å². The molecule has 0 saturated carbocycles. The van der Waals surface area contributed by atoms with Crippen molar-refractivity contribution in [3.63, 3.8) is 0 Å². The molecule has 0 aliphatic carbocycles. The molecule has 0 bridgehead atoms. The van der Waals surface area contributed by atoms with E-state index in [1.54, 1.807) is 12.1 Å². The monoisotopic (exact) mass is 285 g/mol. The molecule has 1 heterocycles. The summed E-state index contributed by atoms with van der Waals surface area (Å²) in [5.41, 5.74) is 5.33. The second-order valence-corrected chi connectivity index (χ2v) is 5.57. The third kappa shape index (κ3) is 2.01. The highest BCUT2D eigenvalue weighted by Crippen LogP contribution is 2.36. The minimum atomic E-state index is 0.241. The Labute approximate surface area is 128 Å². The SMILES string of the molecule is Cc1cccc(-c2c3ccccc3nc3cc(O)ccc23)c1. The summed E-state index contributed by atoms with van der Waals surface area (Å²) in [5, 5.41) is 12.0. The highest BCUT2D eigenvalue weighted by atomic mass is 16.3. The number of nitrogens with zero attached hydrogens (tertiary/aromatic N) is 1. The van der Waals surface area contributed by atoms with Crippen molar-refractivity contribution in [2.45, 2.75) is 6.92 Å². The summed E-state index contributed by atoms with van der Waals surface area (Å²) in [7, 11) is 0. The van der Waals surface area contributed by atoms with Gasteiger partial charge >= 0.3 is 0 Å². The topological polar surface area (TPSA) is 33.1 Å². The zero-order valence-electron chi connectivity index (χ0n) is 12.2. The molecule has 0 spiro atoms. The fourth-order valence-electron chi connectivity index (χ4n) is 2.99. The number of aryl methyl sites for hydroxylation is 1. The predicted molar refractivity (Wildman–Crippen MR) is 91.1 cm³/mol. The van der Waals surface area contributed by atoms with Crippen LogP contribution in [0.2, 0.25) is 0 Å². The van der Waals surface area contributed by atoms with Crippen LogP contribution in [0.4, 0.5) is 0 Å². The van der Waals surface area contributed by atoms with Crippen LogP contribution in [0.1, 0.15) is 5.56 Å². The molecule has 1 aromatic heterocycles. The van der Waals surface area contributed by atoms with Gasteiger partial charge in [-0.15, -0.1) is 0 Å². The predicted octanol–water partition coefficient (Wildman–Crippen LogP) is 5.07. The van der Waals surface area contributed by atoms with Gasteiger partial charge in [0.15, 0.2) is 0 Å². The molecule has 0 aliphatic heterocycles. The number of hydrogen-bond donors (Lipinski definition) is 1. The fourth-order valence-corrected chi connectivity index (χ4v) is 2.99. The van der Waals surface area contributed by atoms with Crippen LogP contribution in [-0.4, -0.2) is 10.1 Å². The number of aromatic hydroxyl groups is 1. The number of rotatable bonds is 1. The number of phenolic OH excluding ortho intramolecular Hbond substituents is 1.